The van der Waals surface area contributed by atoms with Crippen molar-refractivity contribution >= 4 is 40.8 Å². The van der Waals surface area contributed by atoms with E-state index in [4.69, 9.17) is 8.54 Å². The van der Waals surface area contributed by atoms with Crippen molar-refractivity contribution in [3.8, 4) is 0 Å². The zero-order valence-corrected chi connectivity index (χ0v) is 30.4. The molecule has 0 aliphatic rings. The van der Waals surface area contributed by atoms with Gasteiger partial charge in [0.25, 0.3) is 11.1 Å². The molecule has 258 valence electrons. The number of anilines is 2. The minimum atomic E-state index is -2.35. The maximum absolute atomic E-state index is 12.1. The Labute approximate surface area is 274 Å². The second-order valence-electron chi connectivity index (χ2n) is 12.4. The zero-order chi connectivity index (χ0) is 34.0. The molecule has 0 unspecified atom stereocenters. The van der Waals surface area contributed by atoms with Gasteiger partial charge in [0.05, 0.1) is 0 Å². The summed E-state index contributed by atoms with van der Waals surface area (Å²) in [6.45, 7) is 14.3. The Hall–Kier alpha value is -3.35. The van der Waals surface area contributed by atoms with Crippen molar-refractivity contribution in [3.63, 3.8) is 0 Å². The fraction of sp³-hybridized carbons (Fsp3) is 0.667. The van der Waals surface area contributed by atoms with Crippen LogP contribution in [-0.4, -0.2) is 68.6 Å². The number of urea groups is 2. The number of carbonyl (C=O) groups excluding carboxylic acids is 2. The summed E-state index contributed by atoms with van der Waals surface area (Å²) < 4.78 is 12.8. The molecule has 0 atom stereocenters. The smallest absolute Gasteiger partial charge is 0.321 e. The first-order valence-electron chi connectivity index (χ1n) is 16.4. The predicted octanol–water partition coefficient (Wildman–Crippen LogP) is 4.98. The van der Waals surface area contributed by atoms with Crippen molar-refractivity contribution in [1.29, 1.82) is 0 Å². The van der Waals surface area contributed by atoms with Crippen molar-refractivity contribution in [2.24, 2.45) is 0 Å². The third kappa shape index (κ3) is 16.8. The van der Waals surface area contributed by atoms with Crippen LogP contribution in [0, 0.1) is 0 Å². The Morgan fingerprint density at radius 1 is 0.739 bits per heavy atom. The van der Waals surface area contributed by atoms with Gasteiger partial charge < -0.3 is 19.2 Å². The molecule has 6 N–H and O–H groups in total. The molecule has 0 saturated heterocycles. The molecule has 4 amide bonds. The van der Waals surface area contributed by atoms with E-state index < -0.39 is 22.9 Å². The number of aryl methyl sites for hydroxylation is 2. The van der Waals surface area contributed by atoms with E-state index in [2.05, 4.69) is 67.4 Å². The van der Waals surface area contributed by atoms with Gasteiger partial charge in [-0.05, 0) is 77.2 Å². The highest BCUT2D eigenvalue weighted by Crippen LogP contribution is 2.22. The molecular weight excluding hydrogens is 625 g/mol. The van der Waals surface area contributed by atoms with Gasteiger partial charge in [-0.25, -0.2) is 19.6 Å². The van der Waals surface area contributed by atoms with E-state index in [-0.39, 0.29) is 29.0 Å². The molecule has 16 heteroatoms. The van der Waals surface area contributed by atoms with Crippen LogP contribution in [-0.2, 0) is 21.4 Å². The van der Waals surface area contributed by atoms with Crippen LogP contribution >= 0.6 is 0 Å². The molecule has 0 radical (unpaired) electrons. The largest absolute Gasteiger partial charge is 0.436 e. The van der Waals surface area contributed by atoms with Crippen LogP contribution in [0.2, 0.25) is 32.2 Å². The molecule has 0 aromatic carbocycles. The van der Waals surface area contributed by atoms with Crippen LogP contribution in [0.5, 0.6) is 0 Å². The van der Waals surface area contributed by atoms with Gasteiger partial charge in [0, 0.05) is 43.2 Å². The Morgan fingerprint density at radius 2 is 1.22 bits per heavy atom. The van der Waals surface area contributed by atoms with Crippen molar-refractivity contribution in [2.75, 3.05) is 30.3 Å². The SMILES string of the molecule is CCCCNC(=O)Nc1nc(CCCCO[Si](C)(C)O[Si](C)(C)CCCCc2cc(=O)[nH]c(NC(=O)NCCCC)n2)cc(=O)[nH]1. The maximum atomic E-state index is 12.1. The monoisotopic (exact) mass is 678 g/mol. The van der Waals surface area contributed by atoms with Gasteiger partial charge >= 0.3 is 20.6 Å². The minimum absolute atomic E-state index is 0.138. The summed E-state index contributed by atoms with van der Waals surface area (Å²) >= 11 is 0. The number of hydrogen-bond donors (Lipinski definition) is 6. The number of amides is 4. The summed E-state index contributed by atoms with van der Waals surface area (Å²) in [5.41, 5.74) is 0.651. The predicted molar refractivity (Wildman–Crippen MR) is 186 cm³/mol. The van der Waals surface area contributed by atoms with Crippen LogP contribution in [0.25, 0.3) is 0 Å². The van der Waals surface area contributed by atoms with E-state index in [0.29, 0.717) is 43.9 Å². The highest BCUT2D eigenvalue weighted by atomic mass is 28.4. The number of aromatic nitrogens is 4. The van der Waals surface area contributed by atoms with E-state index in [1.54, 1.807) is 0 Å². The highest BCUT2D eigenvalue weighted by Gasteiger charge is 2.34. The first-order chi connectivity index (χ1) is 21.8. The standard InChI is InChI=1S/C30H54N8O6Si2/c1-7-9-17-31-29(41)37-27-33-23(21-25(39)35-27)15-11-13-19-43-46(5,6)44-45(3,4)20-14-12-16-24-22-26(40)36-28(34-24)38-30(42)32-18-10-8-2/h21-22H,7-20H2,1-6H3,(H3,31,33,35,37,39,41)(H3,32,34,36,38,40,42). The van der Waals surface area contributed by atoms with Gasteiger partial charge in [-0.1, -0.05) is 33.1 Å². The summed E-state index contributed by atoms with van der Waals surface area (Å²) in [7, 11) is -4.35. The lowest BCUT2D eigenvalue weighted by molar-refractivity contribution is 0.239. The van der Waals surface area contributed by atoms with Crippen LogP contribution in [0.1, 0.15) is 76.6 Å². The van der Waals surface area contributed by atoms with Crippen LogP contribution < -0.4 is 32.4 Å². The number of nitrogens with one attached hydrogen (secondary N) is 6. The Balaban J connectivity index is 1.72. The molecule has 2 heterocycles. The fourth-order valence-corrected chi connectivity index (χ4v) is 12.5. The molecule has 0 aliphatic heterocycles. The van der Waals surface area contributed by atoms with Gasteiger partial charge in [0.1, 0.15) is 0 Å². The van der Waals surface area contributed by atoms with Gasteiger partial charge in [0.2, 0.25) is 11.9 Å². The molecule has 14 nitrogen and oxygen atoms in total. The van der Waals surface area contributed by atoms with Gasteiger partial charge in [-0.3, -0.25) is 30.2 Å². The summed E-state index contributed by atoms with van der Waals surface area (Å²) in [6, 6.07) is 3.09. The molecule has 0 fully saturated rings. The van der Waals surface area contributed by atoms with Gasteiger partial charge in [-0.15, -0.1) is 0 Å². The molecule has 2 aromatic heterocycles. The van der Waals surface area contributed by atoms with Crippen molar-refractivity contribution in [1.82, 2.24) is 30.6 Å². The molecule has 2 aromatic rings. The number of aromatic amines is 2. The third-order valence-corrected chi connectivity index (χ3v) is 13.6. The number of carbonyl (C=O) groups is 2. The van der Waals surface area contributed by atoms with Crippen molar-refractivity contribution in [3.05, 3.63) is 44.2 Å². The number of H-pyrrole nitrogens is 2. The quantitative estimate of drug-likeness (QED) is 0.0786. The van der Waals surface area contributed by atoms with Crippen LogP contribution in [0.4, 0.5) is 21.5 Å². The summed E-state index contributed by atoms with van der Waals surface area (Å²) in [5.74, 6) is 0.289. The van der Waals surface area contributed by atoms with E-state index in [1.165, 1.54) is 12.1 Å². The lowest BCUT2D eigenvalue weighted by atomic mass is 10.2. The maximum Gasteiger partial charge on any atom is 0.321 e. The Morgan fingerprint density at radius 3 is 1.70 bits per heavy atom. The van der Waals surface area contributed by atoms with Gasteiger partial charge in [0.15, 0.2) is 8.32 Å². The number of unbranched alkanes of at least 4 members (excludes halogenated alkanes) is 4. The second-order valence-corrected chi connectivity index (χ2v) is 20.3. The molecule has 0 aliphatic carbocycles. The second kappa shape index (κ2) is 20.0. The van der Waals surface area contributed by atoms with E-state index in [0.717, 1.165) is 57.4 Å². The van der Waals surface area contributed by atoms with Crippen LogP contribution in [0.15, 0.2) is 21.7 Å². The molecule has 0 bridgehead atoms. The highest BCUT2D eigenvalue weighted by molar-refractivity contribution is 6.82. The zero-order valence-electron chi connectivity index (χ0n) is 28.4. The molecular formula is C30H54N8O6Si2. The summed E-state index contributed by atoms with van der Waals surface area (Å²) in [6.07, 6.45) is 8.27. The van der Waals surface area contributed by atoms with Crippen molar-refractivity contribution < 1.29 is 18.1 Å². The number of nitrogens with zero attached hydrogens (tertiary/aromatic N) is 2. The number of hydrogen-bond acceptors (Lipinski definition) is 8. The minimum Gasteiger partial charge on any atom is -0.436 e. The first-order valence-corrected chi connectivity index (χ1v) is 22.4. The third-order valence-electron chi connectivity index (χ3n) is 6.95. The average molecular weight is 679 g/mol. The lowest BCUT2D eigenvalue weighted by Gasteiger charge is -2.33. The Kier molecular flexibility index (Phi) is 16.9. The van der Waals surface area contributed by atoms with E-state index >= 15 is 0 Å². The lowest BCUT2D eigenvalue weighted by Crippen LogP contribution is -2.46. The first kappa shape index (κ1) is 38.8. The van der Waals surface area contributed by atoms with Crippen LogP contribution in [0.3, 0.4) is 0 Å². The van der Waals surface area contributed by atoms with Gasteiger partial charge in [-0.2, -0.15) is 0 Å². The summed E-state index contributed by atoms with van der Waals surface area (Å²) in [4.78, 5) is 62.0. The number of rotatable bonds is 21. The topological polar surface area (TPSA) is 192 Å². The molecule has 2 rings (SSSR count). The average Bonchev–Trinajstić information content (AvgIpc) is 2.94. The normalized spacial score (nSPS) is 11.7. The van der Waals surface area contributed by atoms with Crippen molar-refractivity contribution in [2.45, 2.75) is 110 Å². The molecule has 46 heavy (non-hydrogen) atoms. The summed E-state index contributed by atoms with van der Waals surface area (Å²) in [5, 5.41) is 10.7. The van der Waals surface area contributed by atoms with E-state index in [1.807, 2.05) is 13.8 Å². The molecule has 0 saturated carbocycles. The fourth-order valence-electron chi connectivity index (χ4n) is 4.78. The van der Waals surface area contributed by atoms with E-state index in [9.17, 15) is 19.2 Å². The Bertz CT molecular complexity index is 1350. The molecule has 0 spiro atoms.